The fourth-order valence-electron chi connectivity index (χ4n) is 0.972. The van der Waals surface area contributed by atoms with E-state index in [1.807, 2.05) is 12.1 Å². The molecule has 0 unspecified atom stereocenters. The average Bonchev–Trinajstić information content (AvgIpc) is 2.20. The Labute approximate surface area is 98.9 Å². The van der Waals surface area contributed by atoms with Crippen LogP contribution < -0.4 is 4.74 Å². The lowest BCUT2D eigenvalue weighted by atomic mass is 10.2. The summed E-state index contributed by atoms with van der Waals surface area (Å²) in [5.41, 5.74) is 0. The molecule has 0 spiro atoms. The van der Waals surface area contributed by atoms with E-state index in [0.717, 1.165) is 11.1 Å². The number of nitrogens with zero attached hydrogens (tertiary/aromatic N) is 1. The molecule has 0 saturated heterocycles. The number of halogens is 1. The van der Waals surface area contributed by atoms with Crippen molar-refractivity contribution >= 4 is 15.9 Å². The van der Waals surface area contributed by atoms with Crippen LogP contribution in [0.1, 0.15) is 13.8 Å². The summed E-state index contributed by atoms with van der Waals surface area (Å²) in [7, 11) is 0. The number of hydrogen-bond acceptors (Lipinski definition) is 3. The van der Waals surface area contributed by atoms with Gasteiger partial charge in [-0.3, -0.25) is 0 Å². The number of pyridine rings is 1. The zero-order chi connectivity index (χ0) is 11.1. The van der Waals surface area contributed by atoms with Gasteiger partial charge in [0.05, 0.1) is 6.61 Å². The molecule has 0 radical (unpaired) electrons. The molecule has 0 aliphatic heterocycles. The van der Waals surface area contributed by atoms with Crippen molar-refractivity contribution in [1.29, 1.82) is 0 Å². The molecule has 0 bridgehead atoms. The van der Waals surface area contributed by atoms with Gasteiger partial charge < -0.3 is 9.47 Å². The number of rotatable bonds is 6. The van der Waals surface area contributed by atoms with E-state index in [4.69, 9.17) is 9.47 Å². The van der Waals surface area contributed by atoms with Gasteiger partial charge in [0.15, 0.2) is 0 Å². The second kappa shape index (κ2) is 6.80. The zero-order valence-electron chi connectivity index (χ0n) is 9.07. The predicted molar refractivity (Wildman–Crippen MR) is 63.1 cm³/mol. The van der Waals surface area contributed by atoms with Crippen molar-refractivity contribution in [1.82, 2.24) is 4.98 Å². The van der Waals surface area contributed by atoms with E-state index in [2.05, 4.69) is 34.8 Å². The number of ether oxygens (including phenoxy) is 2. The lowest BCUT2D eigenvalue weighted by Crippen LogP contribution is -2.10. The fourth-order valence-corrected chi connectivity index (χ4v) is 1.21. The van der Waals surface area contributed by atoms with E-state index in [1.54, 1.807) is 6.20 Å². The Hall–Kier alpha value is -0.610. The lowest BCUT2D eigenvalue weighted by molar-refractivity contribution is 0.0806. The molecule has 1 heterocycles. The highest BCUT2D eigenvalue weighted by atomic mass is 79.9. The topological polar surface area (TPSA) is 31.4 Å². The first kappa shape index (κ1) is 12.5. The van der Waals surface area contributed by atoms with Gasteiger partial charge in [0.2, 0.25) is 5.88 Å². The van der Waals surface area contributed by atoms with E-state index in [1.165, 1.54) is 0 Å². The molecule has 0 aliphatic carbocycles. The Morgan fingerprint density at radius 2 is 2.13 bits per heavy atom. The van der Waals surface area contributed by atoms with Gasteiger partial charge in [-0.1, -0.05) is 13.8 Å². The summed E-state index contributed by atoms with van der Waals surface area (Å²) in [6, 6.07) is 3.73. The Morgan fingerprint density at radius 3 is 2.73 bits per heavy atom. The third-order valence-corrected chi connectivity index (χ3v) is 2.10. The molecule has 4 heteroatoms. The predicted octanol–water partition coefficient (Wildman–Crippen LogP) is 2.90. The molecule has 0 aliphatic rings. The smallest absolute Gasteiger partial charge is 0.213 e. The standard InChI is InChI=1S/C11H16BrNO2/c1-9(2)8-14-5-6-15-11-4-3-10(12)7-13-11/h3-4,7,9H,5-6,8H2,1-2H3. The average molecular weight is 274 g/mol. The maximum atomic E-state index is 5.39. The van der Waals surface area contributed by atoms with Crippen LogP contribution in [0.2, 0.25) is 0 Å². The molecule has 84 valence electrons. The van der Waals surface area contributed by atoms with Gasteiger partial charge in [-0.05, 0) is 27.9 Å². The molecule has 0 N–H and O–H groups in total. The van der Waals surface area contributed by atoms with Crippen molar-refractivity contribution in [3.63, 3.8) is 0 Å². The van der Waals surface area contributed by atoms with E-state index >= 15 is 0 Å². The van der Waals surface area contributed by atoms with E-state index in [0.29, 0.717) is 25.0 Å². The molecule has 1 aromatic rings. The van der Waals surface area contributed by atoms with Crippen LogP contribution in [0.25, 0.3) is 0 Å². The van der Waals surface area contributed by atoms with Crippen LogP contribution in [0.3, 0.4) is 0 Å². The van der Waals surface area contributed by atoms with Gasteiger partial charge in [-0.15, -0.1) is 0 Å². The minimum atomic E-state index is 0.543. The molecule has 1 rings (SSSR count). The molecule has 1 aromatic heterocycles. The van der Waals surface area contributed by atoms with Crippen molar-refractivity contribution in [3.05, 3.63) is 22.8 Å². The van der Waals surface area contributed by atoms with Crippen LogP contribution in [-0.4, -0.2) is 24.8 Å². The monoisotopic (exact) mass is 273 g/mol. The fraction of sp³-hybridized carbons (Fsp3) is 0.545. The molecule has 0 atom stereocenters. The van der Waals surface area contributed by atoms with Crippen molar-refractivity contribution in [3.8, 4) is 5.88 Å². The van der Waals surface area contributed by atoms with Crippen molar-refractivity contribution in [2.45, 2.75) is 13.8 Å². The quantitative estimate of drug-likeness (QED) is 0.747. The highest BCUT2D eigenvalue weighted by Crippen LogP contribution is 2.11. The van der Waals surface area contributed by atoms with Crippen molar-refractivity contribution < 1.29 is 9.47 Å². The normalized spacial score (nSPS) is 10.7. The van der Waals surface area contributed by atoms with E-state index in [-0.39, 0.29) is 0 Å². The van der Waals surface area contributed by atoms with Crippen molar-refractivity contribution in [2.24, 2.45) is 5.92 Å². The molecular formula is C11H16BrNO2. The largest absolute Gasteiger partial charge is 0.475 e. The highest BCUT2D eigenvalue weighted by molar-refractivity contribution is 9.10. The van der Waals surface area contributed by atoms with Crippen molar-refractivity contribution in [2.75, 3.05) is 19.8 Å². The van der Waals surface area contributed by atoms with Crippen LogP contribution in [0, 0.1) is 5.92 Å². The number of aromatic nitrogens is 1. The molecule has 0 amide bonds. The zero-order valence-corrected chi connectivity index (χ0v) is 10.7. The van der Waals surface area contributed by atoms with Crippen LogP contribution in [0.5, 0.6) is 5.88 Å². The van der Waals surface area contributed by atoms with Gasteiger partial charge in [0.25, 0.3) is 0 Å². The van der Waals surface area contributed by atoms with Gasteiger partial charge in [0, 0.05) is 23.3 Å². The van der Waals surface area contributed by atoms with E-state index in [9.17, 15) is 0 Å². The maximum Gasteiger partial charge on any atom is 0.213 e. The minimum Gasteiger partial charge on any atom is -0.475 e. The Kier molecular flexibility index (Phi) is 5.65. The molecule has 0 saturated carbocycles. The van der Waals surface area contributed by atoms with Gasteiger partial charge >= 0.3 is 0 Å². The Bertz CT molecular complexity index is 274. The second-order valence-corrected chi connectivity index (χ2v) is 4.55. The van der Waals surface area contributed by atoms with Crippen LogP contribution in [-0.2, 0) is 4.74 Å². The van der Waals surface area contributed by atoms with Gasteiger partial charge in [0.1, 0.15) is 6.61 Å². The summed E-state index contributed by atoms with van der Waals surface area (Å²) in [6.07, 6.45) is 1.71. The first-order valence-electron chi connectivity index (χ1n) is 5.00. The maximum absolute atomic E-state index is 5.39. The third kappa shape index (κ3) is 5.74. The first-order chi connectivity index (χ1) is 7.18. The summed E-state index contributed by atoms with van der Waals surface area (Å²) in [5, 5.41) is 0. The van der Waals surface area contributed by atoms with E-state index < -0.39 is 0 Å². The lowest BCUT2D eigenvalue weighted by Gasteiger charge is -2.07. The van der Waals surface area contributed by atoms with Gasteiger partial charge in [-0.2, -0.15) is 0 Å². The summed E-state index contributed by atoms with van der Waals surface area (Å²) < 4.78 is 11.7. The summed E-state index contributed by atoms with van der Waals surface area (Å²) >= 11 is 3.31. The van der Waals surface area contributed by atoms with Crippen LogP contribution in [0.15, 0.2) is 22.8 Å². The molecule has 3 nitrogen and oxygen atoms in total. The molecular weight excluding hydrogens is 258 g/mol. The number of hydrogen-bond donors (Lipinski definition) is 0. The first-order valence-corrected chi connectivity index (χ1v) is 5.80. The Morgan fingerprint density at radius 1 is 1.33 bits per heavy atom. The third-order valence-electron chi connectivity index (χ3n) is 1.63. The summed E-state index contributed by atoms with van der Waals surface area (Å²) in [5.74, 6) is 1.20. The summed E-state index contributed by atoms with van der Waals surface area (Å²) in [6.45, 7) is 6.17. The molecule has 0 fully saturated rings. The SMILES string of the molecule is CC(C)COCCOc1ccc(Br)cn1. The Balaban J connectivity index is 2.12. The molecule has 0 aromatic carbocycles. The second-order valence-electron chi connectivity index (χ2n) is 3.63. The summed E-state index contributed by atoms with van der Waals surface area (Å²) in [4.78, 5) is 4.09. The highest BCUT2D eigenvalue weighted by Gasteiger charge is 1.96. The minimum absolute atomic E-state index is 0.543. The van der Waals surface area contributed by atoms with Gasteiger partial charge in [-0.25, -0.2) is 4.98 Å². The molecule has 15 heavy (non-hydrogen) atoms. The van der Waals surface area contributed by atoms with Crippen LogP contribution >= 0.6 is 15.9 Å². The van der Waals surface area contributed by atoms with Crippen LogP contribution in [0.4, 0.5) is 0 Å².